The fourth-order valence-corrected chi connectivity index (χ4v) is 1.60. The van der Waals surface area contributed by atoms with Gasteiger partial charge in [0.25, 0.3) is 0 Å². The Morgan fingerprint density at radius 1 is 1.53 bits per heavy atom. The van der Waals surface area contributed by atoms with Gasteiger partial charge in [0.1, 0.15) is 5.75 Å². The van der Waals surface area contributed by atoms with Crippen molar-refractivity contribution in [2.24, 2.45) is 11.7 Å². The summed E-state index contributed by atoms with van der Waals surface area (Å²) in [7, 11) is 0. The minimum atomic E-state index is -0.0493. The second-order valence-corrected chi connectivity index (χ2v) is 4.32. The molecule has 4 heteroatoms. The van der Waals surface area contributed by atoms with Crippen molar-refractivity contribution in [3.63, 3.8) is 0 Å². The van der Waals surface area contributed by atoms with Crippen LogP contribution in [0.4, 0.5) is 5.69 Å². The molecule has 0 saturated carbocycles. The van der Waals surface area contributed by atoms with Crippen molar-refractivity contribution in [3.8, 4) is 5.75 Å². The van der Waals surface area contributed by atoms with E-state index in [4.69, 9.17) is 5.73 Å². The molecule has 0 fully saturated rings. The SMILES string of the molecule is Cc1cc(O)ccc1NC(=O)C(C)CCCN. The van der Waals surface area contributed by atoms with Crippen LogP contribution in [0.2, 0.25) is 0 Å². The zero-order valence-electron chi connectivity index (χ0n) is 10.4. The first-order chi connectivity index (χ1) is 8.04. The van der Waals surface area contributed by atoms with Crippen molar-refractivity contribution in [1.29, 1.82) is 0 Å². The van der Waals surface area contributed by atoms with Crippen LogP contribution in [0.15, 0.2) is 18.2 Å². The van der Waals surface area contributed by atoms with E-state index in [1.54, 1.807) is 18.2 Å². The second-order valence-electron chi connectivity index (χ2n) is 4.32. The van der Waals surface area contributed by atoms with E-state index in [1.807, 2.05) is 13.8 Å². The molecule has 1 aromatic carbocycles. The number of carbonyl (C=O) groups excluding carboxylic acids is 1. The molecule has 0 aliphatic heterocycles. The Morgan fingerprint density at radius 3 is 2.82 bits per heavy atom. The van der Waals surface area contributed by atoms with Crippen LogP contribution in [0.1, 0.15) is 25.3 Å². The maximum atomic E-state index is 11.8. The molecule has 94 valence electrons. The molecular formula is C13H20N2O2. The number of hydrogen-bond acceptors (Lipinski definition) is 3. The van der Waals surface area contributed by atoms with Crippen LogP contribution in [0.3, 0.4) is 0 Å². The number of phenolic OH excluding ortho intramolecular Hbond substituents is 1. The fourth-order valence-electron chi connectivity index (χ4n) is 1.60. The van der Waals surface area contributed by atoms with Crippen molar-refractivity contribution < 1.29 is 9.90 Å². The third-order valence-corrected chi connectivity index (χ3v) is 2.76. The van der Waals surface area contributed by atoms with Gasteiger partial charge >= 0.3 is 0 Å². The number of rotatable bonds is 5. The van der Waals surface area contributed by atoms with Crippen molar-refractivity contribution >= 4 is 11.6 Å². The lowest BCUT2D eigenvalue weighted by molar-refractivity contribution is -0.119. The van der Waals surface area contributed by atoms with Gasteiger partial charge in [0.05, 0.1) is 0 Å². The van der Waals surface area contributed by atoms with E-state index < -0.39 is 0 Å². The van der Waals surface area contributed by atoms with Crippen LogP contribution in [0.25, 0.3) is 0 Å². The molecule has 0 aromatic heterocycles. The molecule has 4 N–H and O–H groups in total. The van der Waals surface area contributed by atoms with Gasteiger partial charge in [-0.05, 0) is 50.1 Å². The largest absolute Gasteiger partial charge is 0.508 e. The number of amides is 1. The Balaban J connectivity index is 2.61. The third kappa shape index (κ3) is 4.07. The number of phenols is 1. The molecule has 0 aliphatic rings. The summed E-state index contributed by atoms with van der Waals surface area (Å²) in [6.45, 7) is 4.34. The predicted octanol–water partition coefficient (Wildman–Crippen LogP) is 2.01. The lowest BCUT2D eigenvalue weighted by Gasteiger charge is -2.13. The molecule has 1 rings (SSSR count). The van der Waals surface area contributed by atoms with Gasteiger partial charge in [-0.1, -0.05) is 6.92 Å². The minimum Gasteiger partial charge on any atom is -0.508 e. The van der Waals surface area contributed by atoms with Crippen LogP contribution < -0.4 is 11.1 Å². The number of aryl methyl sites for hydroxylation is 1. The van der Waals surface area contributed by atoms with Crippen LogP contribution in [0.5, 0.6) is 5.75 Å². The van der Waals surface area contributed by atoms with Gasteiger partial charge in [0, 0.05) is 11.6 Å². The van der Waals surface area contributed by atoms with Crippen molar-refractivity contribution in [3.05, 3.63) is 23.8 Å². The monoisotopic (exact) mass is 236 g/mol. The van der Waals surface area contributed by atoms with Gasteiger partial charge in [0.2, 0.25) is 5.91 Å². The van der Waals surface area contributed by atoms with Crippen LogP contribution >= 0.6 is 0 Å². The predicted molar refractivity (Wildman–Crippen MR) is 68.9 cm³/mol. The summed E-state index contributed by atoms with van der Waals surface area (Å²) < 4.78 is 0. The van der Waals surface area contributed by atoms with Crippen LogP contribution in [-0.4, -0.2) is 17.6 Å². The Bertz CT molecular complexity index is 391. The van der Waals surface area contributed by atoms with Gasteiger partial charge in [-0.3, -0.25) is 4.79 Å². The molecule has 1 aromatic rings. The average Bonchev–Trinajstić information content (AvgIpc) is 2.29. The number of nitrogens with one attached hydrogen (secondary N) is 1. The maximum absolute atomic E-state index is 11.8. The van der Waals surface area contributed by atoms with Crippen molar-refractivity contribution in [1.82, 2.24) is 0 Å². The quantitative estimate of drug-likeness (QED) is 0.684. The third-order valence-electron chi connectivity index (χ3n) is 2.76. The molecule has 4 nitrogen and oxygen atoms in total. The maximum Gasteiger partial charge on any atom is 0.227 e. The lowest BCUT2D eigenvalue weighted by atomic mass is 10.0. The molecular weight excluding hydrogens is 216 g/mol. The molecule has 0 spiro atoms. The summed E-state index contributed by atoms with van der Waals surface area (Å²) in [6, 6.07) is 4.89. The Morgan fingerprint density at radius 2 is 2.24 bits per heavy atom. The molecule has 1 amide bonds. The molecule has 0 heterocycles. The standard InChI is InChI=1S/C13H20N2O2/c1-9(4-3-7-14)13(17)15-12-6-5-11(16)8-10(12)2/h5-6,8-9,16H,3-4,7,14H2,1-2H3,(H,15,17). The van der Waals surface area contributed by atoms with Gasteiger partial charge < -0.3 is 16.2 Å². The van der Waals surface area contributed by atoms with Crippen molar-refractivity contribution in [2.75, 3.05) is 11.9 Å². The summed E-state index contributed by atoms with van der Waals surface area (Å²) in [5.74, 6) is 0.149. The normalized spacial score (nSPS) is 12.2. The zero-order chi connectivity index (χ0) is 12.8. The highest BCUT2D eigenvalue weighted by atomic mass is 16.3. The first-order valence-electron chi connectivity index (χ1n) is 5.85. The molecule has 17 heavy (non-hydrogen) atoms. The molecule has 0 aliphatic carbocycles. The summed E-state index contributed by atoms with van der Waals surface area (Å²) >= 11 is 0. The summed E-state index contributed by atoms with van der Waals surface area (Å²) in [6.07, 6.45) is 1.64. The number of anilines is 1. The van der Waals surface area contributed by atoms with E-state index in [9.17, 15) is 9.90 Å². The number of carbonyl (C=O) groups is 1. The summed E-state index contributed by atoms with van der Waals surface area (Å²) in [5, 5.41) is 12.1. The summed E-state index contributed by atoms with van der Waals surface area (Å²) in [4.78, 5) is 11.8. The fraction of sp³-hybridized carbons (Fsp3) is 0.462. The second kappa shape index (κ2) is 6.25. The van der Waals surface area contributed by atoms with E-state index in [-0.39, 0.29) is 17.6 Å². The van der Waals surface area contributed by atoms with E-state index in [2.05, 4.69) is 5.32 Å². The highest BCUT2D eigenvalue weighted by Crippen LogP contribution is 2.21. The highest BCUT2D eigenvalue weighted by Gasteiger charge is 2.13. The van der Waals surface area contributed by atoms with Gasteiger partial charge in [0.15, 0.2) is 0 Å². The Hall–Kier alpha value is -1.55. The molecule has 0 radical (unpaired) electrons. The smallest absolute Gasteiger partial charge is 0.227 e. The topological polar surface area (TPSA) is 75.3 Å². The molecule has 0 saturated heterocycles. The van der Waals surface area contributed by atoms with E-state index in [0.717, 1.165) is 24.1 Å². The molecule has 1 atom stereocenters. The van der Waals surface area contributed by atoms with Crippen LogP contribution in [0, 0.1) is 12.8 Å². The van der Waals surface area contributed by atoms with E-state index >= 15 is 0 Å². The first-order valence-corrected chi connectivity index (χ1v) is 5.85. The van der Waals surface area contributed by atoms with Crippen molar-refractivity contribution in [2.45, 2.75) is 26.7 Å². The molecule has 0 bridgehead atoms. The average molecular weight is 236 g/mol. The van der Waals surface area contributed by atoms with E-state index in [0.29, 0.717) is 6.54 Å². The van der Waals surface area contributed by atoms with E-state index in [1.165, 1.54) is 0 Å². The minimum absolute atomic E-state index is 0.00719. The Kier molecular flexibility index (Phi) is 4.97. The Labute approximate surface area is 102 Å². The number of aromatic hydroxyl groups is 1. The number of benzene rings is 1. The number of nitrogens with two attached hydrogens (primary N) is 1. The lowest BCUT2D eigenvalue weighted by Crippen LogP contribution is -2.21. The summed E-state index contributed by atoms with van der Waals surface area (Å²) in [5.41, 5.74) is 7.01. The molecule has 1 unspecified atom stereocenters. The number of hydrogen-bond donors (Lipinski definition) is 3. The zero-order valence-corrected chi connectivity index (χ0v) is 10.4. The van der Waals surface area contributed by atoms with Crippen LogP contribution in [-0.2, 0) is 4.79 Å². The van der Waals surface area contributed by atoms with Gasteiger partial charge in [-0.2, -0.15) is 0 Å². The first kappa shape index (κ1) is 13.5. The highest BCUT2D eigenvalue weighted by molar-refractivity contribution is 5.93. The van der Waals surface area contributed by atoms with Gasteiger partial charge in [-0.15, -0.1) is 0 Å². The van der Waals surface area contributed by atoms with Gasteiger partial charge in [-0.25, -0.2) is 0 Å².